The molecule has 0 saturated heterocycles. The molecule has 4 aliphatic carbocycles. The number of allylic oxidation sites excluding steroid dienone is 2. The summed E-state index contributed by atoms with van der Waals surface area (Å²) in [5.41, 5.74) is 0.998. The molecule has 42 heavy (non-hydrogen) atoms. The highest BCUT2D eigenvalue weighted by atomic mass is 16.6. The number of nitrogens with one attached hydrogen (secondary N) is 2. The Bertz CT molecular complexity index is 1190. The Kier molecular flexibility index (Phi) is 9.15. The van der Waals surface area contributed by atoms with Gasteiger partial charge in [0.1, 0.15) is 11.6 Å². The molecule has 10 heteroatoms. The van der Waals surface area contributed by atoms with Crippen molar-refractivity contribution < 1.29 is 34.5 Å². The number of carbonyl (C=O) groups excluding carboxylic acids is 2. The summed E-state index contributed by atoms with van der Waals surface area (Å²) in [4.78, 5) is 42.0. The van der Waals surface area contributed by atoms with E-state index in [0.29, 0.717) is 24.2 Å². The van der Waals surface area contributed by atoms with Crippen LogP contribution in [-0.2, 0) is 19.2 Å². The molecule has 4 aliphatic rings. The summed E-state index contributed by atoms with van der Waals surface area (Å²) < 4.78 is 0. The van der Waals surface area contributed by atoms with Gasteiger partial charge in [0.25, 0.3) is 5.91 Å². The smallest absolute Gasteiger partial charge is 0.328 e. The first-order chi connectivity index (χ1) is 19.7. The van der Waals surface area contributed by atoms with Crippen molar-refractivity contribution in [2.24, 2.45) is 39.7 Å². The number of nitrogens with zero attached hydrogens (tertiary/aromatic N) is 1. The van der Waals surface area contributed by atoms with Crippen LogP contribution in [0.4, 0.5) is 0 Å². The van der Waals surface area contributed by atoms with Gasteiger partial charge in [0.2, 0.25) is 5.91 Å². The summed E-state index contributed by atoms with van der Waals surface area (Å²) in [6, 6.07) is -2.49. The van der Waals surface area contributed by atoms with Gasteiger partial charge < -0.3 is 30.8 Å². The number of oxime groups is 1. The molecule has 232 valence electrons. The van der Waals surface area contributed by atoms with Gasteiger partial charge in [-0.1, -0.05) is 44.3 Å². The average Bonchev–Trinajstić information content (AvgIpc) is 3.20. The van der Waals surface area contributed by atoms with E-state index >= 15 is 0 Å². The maximum atomic E-state index is 12.7. The predicted molar refractivity (Wildman–Crippen MR) is 157 cm³/mol. The zero-order valence-corrected chi connectivity index (χ0v) is 25.5. The maximum Gasteiger partial charge on any atom is 0.328 e. The van der Waals surface area contributed by atoms with Crippen LogP contribution in [0, 0.1) is 46.8 Å². The van der Waals surface area contributed by atoms with Crippen LogP contribution in [0.5, 0.6) is 0 Å². The van der Waals surface area contributed by atoms with Gasteiger partial charge >= 0.3 is 5.97 Å². The van der Waals surface area contributed by atoms with Gasteiger partial charge in [-0.2, -0.15) is 0 Å². The number of carboxylic acids is 1. The van der Waals surface area contributed by atoms with Gasteiger partial charge in [-0.3, -0.25) is 9.59 Å². The second-order valence-corrected chi connectivity index (χ2v) is 13.7. The Balaban J connectivity index is 1.36. The monoisotopic (exact) mass is 585 g/mol. The molecule has 0 aromatic heterocycles. The molecule has 9 atom stereocenters. The van der Waals surface area contributed by atoms with Crippen LogP contribution in [0.15, 0.2) is 16.8 Å². The molecule has 0 radical (unpaired) electrons. The lowest BCUT2D eigenvalue weighted by Crippen LogP contribution is -2.56. The standard InChI is InChI=1S/C32H47N3O7/c1-7-32(41)15-12-24-22-9-8-20-16-21(10-13-30(20,5)23(22)11-14-31(24,32)6)35-42-17-25(37)33-26(18(2)3)28(38)34-27(19(4)36)29(39)40/h1,16,18-19,22-24,26-27,36,41H,8-15,17H2,2-6H3,(H,33,37)(H,34,38)(H,39,40). The number of amides is 2. The summed E-state index contributed by atoms with van der Waals surface area (Å²) in [6.45, 7) is 8.89. The molecule has 0 aromatic carbocycles. The Morgan fingerprint density at radius 1 is 1.07 bits per heavy atom. The highest BCUT2D eigenvalue weighted by Crippen LogP contribution is 2.67. The Morgan fingerprint density at radius 2 is 1.76 bits per heavy atom. The van der Waals surface area contributed by atoms with Crippen LogP contribution in [-0.4, -0.2) is 69.2 Å². The molecule has 0 heterocycles. The van der Waals surface area contributed by atoms with Crippen molar-refractivity contribution in [2.75, 3.05) is 6.61 Å². The van der Waals surface area contributed by atoms with Crippen LogP contribution in [0.3, 0.4) is 0 Å². The lowest BCUT2D eigenvalue weighted by Gasteiger charge is -2.58. The van der Waals surface area contributed by atoms with E-state index in [1.54, 1.807) is 13.8 Å². The quantitative estimate of drug-likeness (QED) is 0.206. The summed E-state index contributed by atoms with van der Waals surface area (Å²) in [7, 11) is 0. The summed E-state index contributed by atoms with van der Waals surface area (Å²) >= 11 is 0. The van der Waals surface area contributed by atoms with E-state index in [1.807, 2.05) is 0 Å². The molecular weight excluding hydrogens is 538 g/mol. The van der Waals surface area contributed by atoms with Crippen molar-refractivity contribution >= 4 is 23.5 Å². The van der Waals surface area contributed by atoms with E-state index in [0.717, 1.165) is 50.7 Å². The third kappa shape index (κ3) is 5.70. The van der Waals surface area contributed by atoms with Crippen molar-refractivity contribution in [1.29, 1.82) is 0 Å². The summed E-state index contributed by atoms with van der Waals surface area (Å²) in [6.07, 6.45) is 14.0. The van der Waals surface area contributed by atoms with Crippen molar-refractivity contribution in [3.05, 3.63) is 11.6 Å². The van der Waals surface area contributed by atoms with E-state index < -0.39 is 41.6 Å². The number of fused-ring (bicyclic) bond motifs is 5. The zero-order valence-electron chi connectivity index (χ0n) is 25.5. The highest BCUT2D eigenvalue weighted by Gasteiger charge is 2.63. The molecule has 0 bridgehead atoms. The van der Waals surface area contributed by atoms with E-state index in [2.05, 4.69) is 41.6 Å². The molecule has 0 aromatic rings. The number of rotatable bonds is 9. The number of carboxylic acid groups (broad SMARTS) is 1. The van der Waals surface area contributed by atoms with E-state index in [1.165, 1.54) is 12.5 Å². The van der Waals surface area contributed by atoms with Gasteiger partial charge in [0.15, 0.2) is 12.6 Å². The van der Waals surface area contributed by atoms with E-state index in [4.69, 9.17) is 11.3 Å². The third-order valence-corrected chi connectivity index (χ3v) is 11.1. The lowest BCUT2D eigenvalue weighted by atomic mass is 9.46. The van der Waals surface area contributed by atoms with Crippen LogP contribution < -0.4 is 10.6 Å². The van der Waals surface area contributed by atoms with Crippen LogP contribution >= 0.6 is 0 Å². The third-order valence-electron chi connectivity index (χ3n) is 11.1. The van der Waals surface area contributed by atoms with E-state index in [-0.39, 0.29) is 23.4 Å². The average molecular weight is 586 g/mol. The minimum atomic E-state index is -1.49. The fourth-order valence-electron chi connectivity index (χ4n) is 8.45. The number of terminal acetylenes is 1. The number of aliphatic carboxylic acids is 1. The molecule has 2 amide bonds. The minimum absolute atomic E-state index is 0.0647. The lowest BCUT2D eigenvalue weighted by molar-refractivity contribution is -0.145. The first-order valence-electron chi connectivity index (χ1n) is 15.3. The molecular formula is C32H47N3O7. The predicted octanol–water partition coefficient (Wildman–Crippen LogP) is 2.78. The van der Waals surface area contributed by atoms with Gasteiger partial charge in [-0.25, -0.2) is 4.79 Å². The van der Waals surface area contributed by atoms with Crippen LogP contribution in [0.1, 0.15) is 86.0 Å². The molecule has 5 N–H and O–H groups in total. The number of carbonyl (C=O) groups is 3. The van der Waals surface area contributed by atoms with Crippen molar-refractivity contribution in [3.8, 4) is 12.3 Å². The van der Waals surface area contributed by atoms with Crippen LogP contribution in [0.2, 0.25) is 0 Å². The first kappa shape index (κ1) is 32.0. The summed E-state index contributed by atoms with van der Waals surface area (Å²) in [5.74, 6) is 1.31. The fourth-order valence-corrected chi connectivity index (χ4v) is 8.45. The second-order valence-electron chi connectivity index (χ2n) is 13.7. The topological polar surface area (TPSA) is 158 Å². The highest BCUT2D eigenvalue weighted by molar-refractivity contribution is 5.96. The molecule has 9 unspecified atom stereocenters. The largest absolute Gasteiger partial charge is 0.480 e. The number of aliphatic hydroxyl groups excluding tert-OH is 1. The number of aliphatic hydroxyl groups is 2. The van der Waals surface area contributed by atoms with Crippen molar-refractivity contribution in [3.63, 3.8) is 0 Å². The van der Waals surface area contributed by atoms with Gasteiger partial charge in [-0.05, 0) is 93.5 Å². The maximum absolute atomic E-state index is 12.7. The molecule has 3 fully saturated rings. The fraction of sp³-hybridized carbons (Fsp3) is 0.750. The summed E-state index contributed by atoms with van der Waals surface area (Å²) in [5, 5.41) is 39.2. The molecule has 4 rings (SSSR count). The van der Waals surface area contributed by atoms with Crippen LogP contribution in [0.25, 0.3) is 0 Å². The Morgan fingerprint density at radius 3 is 2.38 bits per heavy atom. The minimum Gasteiger partial charge on any atom is -0.480 e. The van der Waals surface area contributed by atoms with Gasteiger partial charge in [-0.15, -0.1) is 6.42 Å². The first-order valence-corrected chi connectivity index (χ1v) is 15.3. The molecule has 0 aliphatic heterocycles. The number of hydrogen-bond acceptors (Lipinski definition) is 7. The SMILES string of the molecule is C#CC1(O)CCC2C3CCC4=CC(=NOCC(=O)NC(C(=O)NC(C(=O)O)C(C)O)C(C)C)CCC4(C)C3CCC21C. The normalized spacial score (nSPS) is 36.8. The molecule has 3 saturated carbocycles. The second kappa shape index (κ2) is 12.0. The molecule has 10 nitrogen and oxygen atoms in total. The van der Waals surface area contributed by atoms with Crippen molar-refractivity contribution in [2.45, 2.75) is 110 Å². The Labute approximate surface area is 248 Å². The Hall–Kier alpha value is -2.90. The number of hydrogen-bond donors (Lipinski definition) is 5. The zero-order chi connectivity index (χ0) is 31.0. The van der Waals surface area contributed by atoms with Crippen molar-refractivity contribution in [1.82, 2.24) is 10.6 Å². The molecule has 0 spiro atoms. The van der Waals surface area contributed by atoms with Gasteiger partial charge in [0.05, 0.1) is 11.8 Å². The van der Waals surface area contributed by atoms with E-state index in [9.17, 15) is 29.7 Å². The van der Waals surface area contributed by atoms with Gasteiger partial charge in [0, 0.05) is 5.41 Å².